The fraction of sp³-hybridized carbons (Fsp3) is 0.417. The Labute approximate surface area is 364 Å². The van der Waals surface area contributed by atoms with Gasteiger partial charge in [-0.25, -0.2) is 0 Å². The van der Waals surface area contributed by atoms with Crippen LogP contribution in [0, 0.1) is 5.92 Å². The monoisotopic (exact) mass is 858 g/mol. The molecule has 326 valence electrons. The van der Waals surface area contributed by atoms with Gasteiger partial charge in [-0.3, -0.25) is 19.2 Å². The lowest BCUT2D eigenvalue weighted by Crippen LogP contribution is -2.51. The number of aromatic nitrogens is 3. The number of aliphatic hydroxyl groups excluding tert-OH is 2. The molecular weight excluding hydrogens is 801 g/mol. The summed E-state index contributed by atoms with van der Waals surface area (Å²) in [6, 6.07) is 29.2. The highest BCUT2D eigenvalue weighted by Gasteiger charge is 2.64. The van der Waals surface area contributed by atoms with Crippen molar-refractivity contribution < 1.29 is 34.0 Å². The minimum absolute atomic E-state index is 0.0180. The number of fused-ring (bicyclic) bond motifs is 3. The number of aryl methyl sites for hydroxylation is 1. The maximum absolute atomic E-state index is 14.7. The van der Waals surface area contributed by atoms with Crippen LogP contribution in [0.2, 0.25) is 18.6 Å². The Kier molecular flexibility index (Phi) is 12.7. The van der Waals surface area contributed by atoms with Crippen LogP contribution in [-0.4, -0.2) is 90.7 Å². The molecule has 2 unspecified atom stereocenters. The van der Waals surface area contributed by atoms with Crippen molar-refractivity contribution in [3.8, 4) is 11.5 Å². The molecule has 13 nitrogen and oxygen atoms in total. The SMILES string of the molecule is CCOc1ccc2c(c1)CC(NCCCCO)C(=O)N2c1ccc2c(c1)[C@@]1(O[C@H](CCn3cc(C(CO)c4ccccc4)nn3)[C@@H]([Si](C)(C)c3ccc(OC)cc3)[C@@H]1C)C(=O)N2. The predicted molar refractivity (Wildman–Crippen MR) is 241 cm³/mol. The number of ether oxygens (including phenoxy) is 3. The molecule has 3 aliphatic rings. The van der Waals surface area contributed by atoms with Crippen LogP contribution in [0.3, 0.4) is 0 Å². The van der Waals surface area contributed by atoms with E-state index < -0.39 is 19.7 Å². The standard InChI is InChI=1S/C48H58N6O7Si/c1-6-60-36-17-21-43-33(26-36)27-41(49-23-10-11-25-55)46(57)54(43)34-14-20-40-39(28-34)48(47(58)50-40)31(2)45(62(4,5)37-18-15-35(59-3)16-19-37)44(61-48)22-24-53-29-42(51-52-53)38(30-56)32-12-8-7-9-13-32/h7-9,12-21,26,28-29,31,38,41,44-45,49,55-56H,6,10-11,22-25,27,30H2,1-5H3,(H,50,58)/t31-,38?,41?,44+,45-,48+/m0/s1. The highest BCUT2D eigenvalue weighted by molar-refractivity contribution is 6.91. The number of methoxy groups -OCH3 is 1. The molecule has 8 rings (SSSR count). The lowest BCUT2D eigenvalue weighted by Gasteiger charge is -2.37. The zero-order chi connectivity index (χ0) is 43.6. The van der Waals surface area contributed by atoms with E-state index >= 15 is 0 Å². The molecule has 1 saturated heterocycles. The molecule has 0 bridgehead atoms. The molecule has 2 amide bonds. The first kappa shape index (κ1) is 43.3. The molecule has 5 aromatic rings. The Hall–Kier alpha value is -5.38. The molecule has 1 aromatic heterocycles. The van der Waals surface area contributed by atoms with E-state index in [0.29, 0.717) is 56.0 Å². The van der Waals surface area contributed by atoms with Crippen LogP contribution in [0.15, 0.2) is 97.2 Å². The van der Waals surface area contributed by atoms with Gasteiger partial charge in [-0.15, -0.1) is 5.10 Å². The molecule has 4 heterocycles. The predicted octanol–water partition coefficient (Wildman–Crippen LogP) is 6.02. The average molecular weight is 859 g/mol. The van der Waals surface area contributed by atoms with E-state index in [1.54, 1.807) is 12.0 Å². The lowest BCUT2D eigenvalue weighted by atomic mass is 9.82. The van der Waals surface area contributed by atoms with Crippen LogP contribution in [0.4, 0.5) is 17.1 Å². The number of benzene rings is 4. The number of unbranched alkanes of at least 4 members (excludes halogenated alkanes) is 1. The quantitative estimate of drug-likeness (QED) is 0.0644. The van der Waals surface area contributed by atoms with Crippen molar-refractivity contribution in [3.63, 3.8) is 0 Å². The molecule has 1 fully saturated rings. The van der Waals surface area contributed by atoms with Crippen LogP contribution >= 0.6 is 0 Å². The molecule has 0 radical (unpaired) electrons. The minimum Gasteiger partial charge on any atom is -0.497 e. The summed E-state index contributed by atoms with van der Waals surface area (Å²) in [4.78, 5) is 31.0. The van der Waals surface area contributed by atoms with Gasteiger partial charge >= 0.3 is 0 Å². The van der Waals surface area contributed by atoms with Crippen molar-refractivity contribution in [1.82, 2.24) is 20.3 Å². The summed E-state index contributed by atoms with van der Waals surface area (Å²) in [5.41, 5.74) is 4.07. The summed E-state index contributed by atoms with van der Waals surface area (Å²) in [6.45, 7) is 10.4. The fourth-order valence-corrected chi connectivity index (χ4v) is 14.2. The molecule has 14 heteroatoms. The Morgan fingerprint density at radius 2 is 1.77 bits per heavy atom. The number of rotatable bonds is 17. The molecule has 62 heavy (non-hydrogen) atoms. The van der Waals surface area contributed by atoms with Gasteiger partial charge in [0, 0.05) is 42.2 Å². The van der Waals surface area contributed by atoms with Crippen molar-refractivity contribution in [3.05, 3.63) is 120 Å². The van der Waals surface area contributed by atoms with Gasteiger partial charge in [0.25, 0.3) is 5.91 Å². The molecular formula is C48H58N6O7Si. The van der Waals surface area contributed by atoms with E-state index in [4.69, 9.17) is 14.2 Å². The number of carbonyl (C=O) groups excluding carboxylic acids is 2. The Balaban J connectivity index is 1.16. The maximum atomic E-state index is 14.7. The maximum Gasteiger partial charge on any atom is 0.261 e. The Bertz CT molecular complexity index is 2380. The molecule has 3 aliphatic heterocycles. The van der Waals surface area contributed by atoms with Crippen molar-refractivity contribution in [1.29, 1.82) is 0 Å². The second kappa shape index (κ2) is 18.1. The van der Waals surface area contributed by atoms with Gasteiger partial charge in [0.15, 0.2) is 5.60 Å². The van der Waals surface area contributed by atoms with Crippen LogP contribution in [0.25, 0.3) is 0 Å². The van der Waals surface area contributed by atoms with E-state index in [-0.39, 0.29) is 48.5 Å². The second-order valence-electron chi connectivity index (χ2n) is 17.2. The Morgan fingerprint density at radius 1 is 1.00 bits per heavy atom. The van der Waals surface area contributed by atoms with Crippen LogP contribution in [0.5, 0.6) is 11.5 Å². The van der Waals surface area contributed by atoms with Gasteiger partial charge in [-0.2, -0.15) is 0 Å². The number of hydrogen-bond acceptors (Lipinski definition) is 10. The lowest BCUT2D eigenvalue weighted by molar-refractivity contribution is -0.143. The summed E-state index contributed by atoms with van der Waals surface area (Å²) in [7, 11) is -0.774. The zero-order valence-electron chi connectivity index (χ0n) is 36.2. The Morgan fingerprint density at radius 3 is 2.50 bits per heavy atom. The van der Waals surface area contributed by atoms with Crippen LogP contribution in [0.1, 0.15) is 61.4 Å². The highest BCUT2D eigenvalue weighted by atomic mass is 28.3. The van der Waals surface area contributed by atoms with E-state index in [9.17, 15) is 19.8 Å². The molecule has 0 aliphatic carbocycles. The number of hydrogen-bond donors (Lipinski definition) is 4. The van der Waals surface area contributed by atoms with Crippen molar-refractivity contribution >= 4 is 42.1 Å². The minimum atomic E-state index is -2.44. The van der Waals surface area contributed by atoms with Gasteiger partial charge in [0.2, 0.25) is 5.91 Å². The number of nitrogens with zero attached hydrogens (tertiary/aromatic N) is 4. The van der Waals surface area contributed by atoms with Crippen molar-refractivity contribution in [2.24, 2.45) is 5.92 Å². The smallest absolute Gasteiger partial charge is 0.261 e. The zero-order valence-corrected chi connectivity index (χ0v) is 37.2. The number of carbonyl (C=O) groups is 2. The first-order chi connectivity index (χ1) is 30.0. The summed E-state index contributed by atoms with van der Waals surface area (Å²) in [6.07, 6.45) is 4.00. The summed E-state index contributed by atoms with van der Waals surface area (Å²) in [5.74, 6) is 0.654. The molecule has 4 N–H and O–H groups in total. The third kappa shape index (κ3) is 7.94. The average Bonchev–Trinajstić information content (AvgIpc) is 3.96. The molecule has 6 atom stereocenters. The molecule has 1 spiro atoms. The van der Waals surface area contributed by atoms with Gasteiger partial charge in [0.05, 0.1) is 57.8 Å². The third-order valence-corrected chi connectivity index (χ3v) is 17.7. The highest BCUT2D eigenvalue weighted by Crippen LogP contribution is 2.59. The van der Waals surface area contributed by atoms with Gasteiger partial charge in [0.1, 0.15) is 11.5 Å². The topological polar surface area (TPSA) is 160 Å². The normalized spacial score (nSPS) is 22.4. The van der Waals surface area contributed by atoms with Gasteiger partial charge < -0.3 is 35.1 Å². The summed E-state index contributed by atoms with van der Waals surface area (Å²) < 4.78 is 20.5. The van der Waals surface area contributed by atoms with E-state index in [1.807, 2.05) is 96.7 Å². The molecule has 0 saturated carbocycles. The fourth-order valence-electron chi connectivity index (χ4n) is 10.1. The van der Waals surface area contributed by atoms with Crippen LogP contribution in [-0.2, 0) is 32.9 Å². The summed E-state index contributed by atoms with van der Waals surface area (Å²) in [5, 5.41) is 36.6. The number of nitrogens with one attached hydrogen (secondary N) is 2. The van der Waals surface area contributed by atoms with Gasteiger partial charge in [-0.05, 0) is 104 Å². The largest absolute Gasteiger partial charge is 0.497 e. The number of amides is 2. The number of anilines is 3. The molecule has 4 aromatic carbocycles. The van der Waals surface area contributed by atoms with Crippen LogP contribution < -0.4 is 30.2 Å². The first-order valence-corrected chi connectivity index (χ1v) is 24.9. The van der Waals surface area contributed by atoms with E-state index in [2.05, 4.69) is 53.1 Å². The van der Waals surface area contributed by atoms with Crippen molar-refractivity contribution in [2.45, 2.75) is 88.4 Å². The first-order valence-electron chi connectivity index (χ1n) is 21.8. The number of aliphatic hydroxyl groups is 2. The summed E-state index contributed by atoms with van der Waals surface area (Å²) >= 11 is 0. The van der Waals surface area contributed by atoms with Crippen molar-refractivity contribution in [2.75, 3.05) is 43.7 Å². The van der Waals surface area contributed by atoms with Gasteiger partial charge in [-0.1, -0.05) is 72.9 Å². The van der Waals surface area contributed by atoms with E-state index in [1.165, 1.54) is 5.19 Å². The second-order valence-corrected chi connectivity index (χ2v) is 21.9. The van der Waals surface area contributed by atoms with E-state index in [0.717, 1.165) is 40.3 Å². The third-order valence-electron chi connectivity index (χ3n) is 13.3.